The Labute approximate surface area is 336 Å². The van der Waals surface area contributed by atoms with Crippen molar-refractivity contribution in [2.75, 3.05) is 29.5 Å². The van der Waals surface area contributed by atoms with Crippen molar-refractivity contribution in [1.29, 1.82) is 0 Å². The number of para-hydroxylation sites is 3. The molecule has 0 bridgehead atoms. The lowest BCUT2D eigenvalue weighted by Gasteiger charge is -2.05. The molecule has 0 saturated heterocycles. The number of rotatable bonds is 8. The van der Waals surface area contributed by atoms with Crippen molar-refractivity contribution in [2.45, 2.75) is 81.1 Å². The van der Waals surface area contributed by atoms with Gasteiger partial charge >= 0.3 is 0 Å². The first-order chi connectivity index (χ1) is 27.2. The average molecular weight is 763 g/mol. The molecule has 7 N–H and O–H groups in total. The monoisotopic (exact) mass is 763 g/mol. The Hall–Kier alpha value is -6.09. The van der Waals surface area contributed by atoms with Crippen LogP contribution in [0.25, 0.3) is 0 Å². The molecule has 5 aromatic carbocycles. The molecule has 0 unspecified atom stereocenters. The number of nitrogens with zero attached hydrogens (tertiary/aromatic N) is 3. The highest BCUT2D eigenvalue weighted by Crippen LogP contribution is 2.08. The third-order valence-electron chi connectivity index (χ3n) is 7.27. The average Bonchev–Trinajstić information content (AvgIpc) is 3.24. The first-order valence-electron chi connectivity index (χ1n) is 19.5. The molecular weight excluding hydrogens is 697 g/mol. The number of aromatic nitrogens is 3. The van der Waals surface area contributed by atoms with E-state index < -0.39 is 0 Å². The van der Waals surface area contributed by atoms with Crippen LogP contribution in [0.5, 0.6) is 17.2 Å². The summed E-state index contributed by atoms with van der Waals surface area (Å²) in [6.07, 6.45) is 4.57. The molecular formula is C47H66N6O3. The zero-order chi connectivity index (χ0) is 41.8. The van der Waals surface area contributed by atoms with Gasteiger partial charge < -0.3 is 31.7 Å². The summed E-state index contributed by atoms with van der Waals surface area (Å²) in [6, 6.07) is 43.8. The van der Waals surface area contributed by atoms with Gasteiger partial charge in [-0.3, -0.25) is 0 Å². The fourth-order valence-electron chi connectivity index (χ4n) is 4.17. The molecule has 6 rings (SSSR count). The van der Waals surface area contributed by atoms with E-state index in [1.54, 1.807) is 72.8 Å². The van der Waals surface area contributed by atoms with Crippen LogP contribution in [0.1, 0.15) is 77.6 Å². The van der Waals surface area contributed by atoms with E-state index in [1.807, 2.05) is 45.9 Å². The highest BCUT2D eigenvalue weighted by atomic mass is 16.3. The van der Waals surface area contributed by atoms with Crippen LogP contribution in [0.15, 0.2) is 140 Å². The van der Waals surface area contributed by atoms with E-state index in [1.165, 1.54) is 22.3 Å². The SMILES string of the molecule is CC.CCNc1nc(N)nc(NCC)n1.CCc1ccc(CC)cc1.CCc1ccc(CC)cc1.Oc1ccccc1.Oc1ccccc1.Oc1ccccc1. The van der Waals surface area contributed by atoms with Crippen LogP contribution >= 0.6 is 0 Å². The molecule has 9 nitrogen and oxygen atoms in total. The zero-order valence-electron chi connectivity index (χ0n) is 34.8. The summed E-state index contributed by atoms with van der Waals surface area (Å²) in [7, 11) is 0. The van der Waals surface area contributed by atoms with Gasteiger partial charge in [0.1, 0.15) is 17.2 Å². The van der Waals surface area contributed by atoms with Crippen LogP contribution in [-0.2, 0) is 25.7 Å². The number of nitrogen functional groups attached to an aromatic ring is 1. The number of nitrogens with two attached hydrogens (primary N) is 1. The van der Waals surface area contributed by atoms with E-state index in [2.05, 4.69) is 102 Å². The van der Waals surface area contributed by atoms with E-state index in [9.17, 15) is 0 Å². The molecule has 1 heterocycles. The van der Waals surface area contributed by atoms with Crippen molar-refractivity contribution < 1.29 is 15.3 Å². The van der Waals surface area contributed by atoms with Gasteiger partial charge in [0.25, 0.3) is 0 Å². The van der Waals surface area contributed by atoms with E-state index in [-0.39, 0.29) is 5.95 Å². The summed E-state index contributed by atoms with van der Waals surface area (Å²) in [5, 5.41) is 31.8. The van der Waals surface area contributed by atoms with Crippen LogP contribution in [0, 0.1) is 0 Å². The second-order valence-electron chi connectivity index (χ2n) is 11.5. The molecule has 1 aromatic heterocycles. The summed E-state index contributed by atoms with van der Waals surface area (Å²) in [5.41, 5.74) is 11.2. The Balaban J connectivity index is 0.000000651. The van der Waals surface area contributed by atoms with Crippen molar-refractivity contribution in [3.8, 4) is 17.2 Å². The fraction of sp³-hybridized carbons (Fsp3) is 0.298. The molecule has 0 spiro atoms. The lowest BCUT2D eigenvalue weighted by atomic mass is 10.1. The number of hydrogen-bond donors (Lipinski definition) is 6. The van der Waals surface area contributed by atoms with E-state index in [4.69, 9.17) is 21.1 Å². The highest BCUT2D eigenvalue weighted by Gasteiger charge is 2.01. The van der Waals surface area contributed by atoms with Crippen molar-refractivity contribution in [3.05, 3.63) is 162 Å². The Bertz CT molecular complexity index is 1530. The molecule has 9 heteroatoms. The molecule has 302 valence electrons. The normalized spacial score (nSPS) is 9.07. The van der Waals surface area contributed by atoms with Gasteiger partial charge in [-0.1, -0.05) is 145 Å². The topological polar surface area (TPSA) is 149 Å². The lowest BCUT2D eigenvalue weighted by Crippen LogP contribution is -2.10. The maximum absolute atomic E-state index is 8.63. The molecule has 0 aliphatic heterocycles. The predicted octanol–water partition coefficient (Wildman–Crippen LogP) is 11.1. The third-order valence-corrected chi connectivity index (χ3v) is 7.27. The minimum Gasteiger partial charge on any atom is -0.508 e. The van der Waals surface area contributed by atoms with Crippen molar-refractivity contribution in [3.63, 3.8) is 0 Å². The van der Waals surface area contributed by atoms with Gasteiger partial charge in [0.2, 0.25) is 17.8 Å². The number of nitrogens with one attached hydrogen (secondary N) is 2. The smallest absolute Gasteiger partial charge is 0.229 e. The summed E-state index contributed by atoms with van der Waals surface area (Å²) in [5.74, 6) is 2.20. The second kappa shape index (κ2) is 33.5. The Morgan fingerprint density at radius 1 is 0.393 bits per heavy atom. The highest BCUT2D eigenvalue weighted by molar-refractivity contribution is 5.39. The number of benzene rings is 5. The van der Waals surface area contributed by atoms with Gasteiger partial charge in [-0.2, -0.15) is 15.0 Å². The Morgan fingerprint density at radius 3 is 0.786 bits per heavy atom. The molecule has 0 radical (unpaired) electrons. The van der Waals surface area contributed by atoms with Crippen molar-refractivity contribution >= 4 is 17.8 Å². The Kier molecular flexibility index (Phi) is 29.8. The van der Waals surface area contributed by atoms with Crippen LogP contribution in [0.2, 0.25) is 0 Å². The first kappa shape index (κ1) is 49.9. The molecule has 6 aromatic rings. The number of aromatic hydroxyl groups is 3. The standard InChI is InChI=1S/2C10H14.C7H14N6.3C6H6O.C2H6/c2*1-3-9-5-7-10(4-2)8-6-9;1-3-9-6-11-5(8)12-7(13-6)10-4-2;3*7-6-4-2-1-3-5-6;1-2/h2*5-8H,3-4H2,1-2H3;3-4H2,1-2H3,(H4,8,9,10,11,12,13);3*1-5,7H;1-2H3. The quantitative estimate of drug-likeness (QED) is 0.0890. The van der Waals surface area contributed by atoms with Crippen LogP contribution in [0.3, 0.4) is 0 Å². The number of anilines is 3. The van der Waals surface area contributed by atoms with Gasteiger partial charge in [-0.05, 0) is 98.2 Å². The van der Waals surface area contributed by atoms with Gasteiger partial charge in [-0.25, -0.2) is 0 Å². The Morgan fingerprint density at radius 2 is 0.625 bits per heavy atom. The minimum absolute atomic E-state index is 0.224. The van der Waals surface area contributed by atoms with E-state index in [0.29, 0.717) is 29.1 Å². The second-order valence-corrected chi connectivity index (χ2v) is 11.5. The van der Waals surface area contributed by atoms with E-state index in [0.717, 1.165) is 38.8 Å². The number of hydrogen-bond acceptors (Lipinski definition) is 9. The maximum atomic E-state index is 8.63. The first-order valence-corrected chi connectivity index (χ1v) is 19.5. The van der Waals surface area contributed by atoms with Crippen molar-refractivity contribution in [1.82, 2.24) is 15.0 Å². The largest absolute Gasteiger partial charge is 0.508 e. The third kappa shape index (κ3) is 25.8. The molecule has 0 aliphatic carbocycles. The van der Waals surface area contributed by atoms with Crippen LogP contribution < -0.4 is 16.4 Å². The van der Waals surface area contributed by atoms with E-state index >= 15 is 0 Å². The molecule has 0 atom stereocenters. The number of phenols is 3. The summed E-state index contributed by atoms with van der Waals surface area (Å²) in [6.45, 7) is 18.2. The predicted molar refractivity (Wildman–Crippen MR) is 239 cm³/mol. The summed E-state index contributed by atoms with van der Waals surface area (Å²) >= 11 is 0. The summed E-state index contributed by atoms with van der Waals surface area (Å²) in [4.78, 5) is 11.9. The maximum Gasteiger partial charge on any atom is 0.229 e. The molecule has 0 aliphatic rings. The molecule has 0 saturated carbocycles. The van der Waals surface area contributed by atoms with Gasteiger partial charge in [0, 0.05) is 13.1 Å². The molecule has 56 heavy (non-hydrogen) atoms. The van der Waals surface area contributed by atoms with Gasteiger partial charge in [0.15, 0.2) is 0 Å². The number of aryl methyl sites for hydroxylation is 4. The van der Waals surface area contributed by atoms with Gasteiger partial charge in [0.05, 0.1) is 0 Å². The van der Waals surface area contributed by atoms with Crippen LogP contribution in [0.4, 0.5) is 17.8 Å². The minimum atomic E-state index is 0.224. The van der Waals surface area contributed by atoms with Gasteiger partial charge in [-0.15, -0.1) is 0 Å². The fourth-order valence-corrected chi connectivity index (χ4v) is 4.17. The van der Waals surface area contributed by atoms with Crippen molar-refractivity contribution in [2.24, 2.45) is 0 Å². The molecule has 0 fully saturated rings. The zero-order valence-corrected chi connectivity index (χ0v) is 34.8. The molecule has 0 amide bonds. The summed E-state index contributed by atoms with van der Waals surface area (Å²) < 4.78 is 0. The number of phenolic OH excluding ortho intramolecular Hbond substituents is 3. The lowest BCUT2D eigenvalue weighted by molar-refractivity contribution is 0.475. The van der Waals surface area contributed by atoms with Crippen LogP contribution in [-0.4, -0.2) is 43.4 Å².